The van der Waals surface area contributed by atoms with Crippen LogP contribution in [0.2, 0.25) is 10.0 Å². The lowest BCUT2D eigenvalue weighted by atomic mass is 10.2. The predicted molar refractivity (Wildman–Crippen MR) is 132 cm³/mol. The number of hydrazone groups is 1. The molecule has 13 heteroatoms. The van der Waals surface area contributed by atoms with Gasteiger partial charge in [0, 0.05) is 22.2 Å². The Kier molecular flexibility index (Phi) is 7.30. The molecule has 0 atom stereocenters. The number of carbonyl (C=O) groups excluding carboxylic acids is 1. The van der Waals surface area contributed by atoms with Gasteiger partial charge in [0.1, 0.15) is 5.75 Å². The number of nitro groups is 1. The molecule has 1 aromatic heterocycles. The number of nitrogens with one attached hydrogen (secondary N) is 2. The summed E-state index contributed by atoms with van der Waals surface area (Å²) in [6.07, 6.45) is 1.26. The van der Waals surface area contributed by atoms with Crippen molar-refractivity contribution in [3.05, 3.63) is 92.0 Å². The first kappa shape index (κ1) is 24.2. The Morgan fingerprint density at radius 3 is 2.71 bits per heavy atom. The van der Waals surface area contributed by atoms with E-state index in [1.165, 1.54) is 30.5 Å². The van der Waals surface area contributed by atoms with Gasteiger partial charge in [0.25, 0.3) is 11.6 Å². The Morgan fingerprint density at radius 1 is 1.17 bits per heavy atom. The Morgan fingerprint density at radius 2 is 1.97 bits per heavy atom. The van der Waals surface area contributed by atoms with Crippen molar-refractivity contribution >= 4 is 52.8 Å². The predicted octanol–water partition coefficient (Wildman–Crippen LogP) is 5.31. The van der Waals surface area contributed by atoms with Gasteiger partial charge in [-0.2, -0.15) is 5.10 Å². The number of amides is 1. The quantitative estimate of drug-likeness (QED) is 0.167. The Balaban J connectivity index is 1.50. The number of phenols is 1. The Bertz CT molecular complexity index is 1460. The lowest BCUT2D eigenvalue weighted by molar-refractivity contribution is -0.387. The van der Waals surface area contributed by atoms with Gasteiger partial charge >= 0.3 is 0 Å². The van der Waals surface area contributed by atoms with E-state index in [9.17, 15) is 20.0 Å². The number of nitro benzene ring substituents is 1. The fourth-order valence-corrected chi connectivity index (χ4v) is 4.22. The van der Waals surface area contributed by atoms with Crippen molar-refractivity contribution in [2.45, 2.75) is 10.1 Å². The third-order valence-corrected chi connectivity index (χ3v) is 6.04. The highest BCUT2D eigenvalue weighted by atomic mass is 35.5. The van der Waals surface area contributed by atoms with Crippen molar-refractivity contribution < 1.29 is 14.8 Å². The molecule has 35 heavy (non-hydrogen) atoms. The molecule has 0 fully saturated rings. The van der Waals surface area contributed by atoms with Crippen molar-refractivity contribution in [3.63, 3.8) is 0 Å². The molecule has 0 bridgehead atoms. The summed E-state index contributed by atoms with van der Waals surface area (Å²) < 4.78 is 0. The first-order chi connectivity index (χ1) is 16.8. The standard InChI is InChI=1S/C22H14Cl2N6O4S/c23-13-6-7-14(16(24)10-13)20-26-22(29-27-20)35-19-8-5-12(9-17(19)30(33)34)11-25-28-21(32)15-3-1-2-4-18(15)31/h1-11,31H,(H,28,32)(H,26,27,29). The summed E-state index contributed by atoms with van der Waals surface area (Å²) in [5, 5.41) is 33.1. The number of benzene rings is 3. The van der Waals surface area contributed by atoms with E-state index in [0.29, 0.717) is 31.9 Å². The second kappa shape index (κ2) is 10.6. The van der Waals surface area contributed by atoms with Gasteiger partial charge in [0.15, 0.2) is 5.82 Å². The average molecular weight is 529 g/mol. The zero-order valence-corrected chi connectivity index (χ0v) is 19.8. The zero-order chi connectivity index (χ0) is 24.9. The maximum Gasteiger partial charge on any atom is 0.283 e. The summed E-state index contributed by atoms with van der Waals surface area (Å²) in [7, 11) is 0. The maximum atomic E-state index is 12.1. The van der Waals surface area contributed by atoms with Gasteiger partial charge in [-0.25, -0.2) is 10.4 Å². The number of aromatic amines is 1. The second-order valence-electron chi connectivity index (χ2n) is 6.89. The van der Waals surface area contributed by atoms with Crippen LogP contribution in [0.1, 0.15) is 15.9 Å². The molecule has 3 N–H and O–H groups in total. The fraction of sp³-hybridized carbons (Fsp3) is 0. The normalized spacial score (nSPS) is 11.0. The number of hydrogen-bond acceptors (Lipinski definition) is 8. The van der Waals surface area contributed by atoms with Gasteiger partial charge < -0.3 is 5.11 Å². The zero-order valence-electron chi connectivity index (χ0n) is 17.5. The van der Waals surface area contributed by atoms with Crippen LogP contribution in [-0.4, -0.2) is 37.3 Å². The van der Waals surface area contributed by atoms with Crippen LogP contribution < -0.4 is 5.43 Å². The van der Waals surface area contributed by atoms with Crippen LogP contribution in [0.5, 0.6) is 5.75 Å². The van der Waals surface area contributed by atoms with Crippen LogP contribution >= 0.6 is 35.0 Å². The molecule has 0 saturated heterocycles. The molecule has 0 aliphatic rings. The molecule has 0 aliphatic heterocycles. The molecule has 0 saturated carbocycles. The monoisotopic (exact) mass is 528 g/mol. The number of phenolic OH excluding ortho intramolecular Hbond substituents is 1. The van der Waals surface area contributed by atoms with E-state index in [1.807, 2.05) is 0 Å². The summed E-state index contributed by atoms with van der Waals surface area (Å²) in [6, 6.07) is 15.3. The molecular weight excluding hydrogens is 515 g/mol. The van der Waals surface area contributed by atoms with E-state index in [4.69, 9.17) is 23.2 Å². The number of rotatable bonds is 7. The van der Waals surface area contributed by atoms with Crippen molar-refractivity contribution in [2.24, 2.45) is 5.10 Å². The van der Waals surface area contributed by atoms with Crippen LogP contribution in [0.15, 0.2) is 75.8 Å². The van der Waals surface area contributed by atoms with Gasteiger partial charge in [-0.3, -0.25) is 20.0 Å². The summed E-state index contributed by atoms with van der Waals surface area (Å²) >= 11 is 13.1. The van der Waals surface area contributed by atoms with Gasteiger partial charge in [-0.15, -0.1) is 5.10 Å². The van der Waals surface area contributed by atoms with Gasteiger partial charge in [-0.1, -0.05) is 41.4 Å². The molecule has 0 unspecified atom stereocenters. The van der Waals surface area contributed by atoms with Crippen LogP contribution in [0.25, 0.3) is 11.4 Å². The van der Waals surface area contributed by atoms with Crippen LogP contribution in [-0.2, 0) is 0 Å². The fourth-order valence-electron chi connectivity index (χ4n) is 2.93. The van der Waals surface area contributed by atoms with E-state index in [2.05, 4.69) is 25.7 Å². The summed E-state index contributed by atoms with van der Waals surface area (Å²) in [6.45, 7) is 0. The maximum absolute atomic E-state index is 12.1. The number of nitrogens with zero attached hydrogens (tertiary/aromatic N) is 4. The van der Waals surface area contributed by atoms with Crippen molar-refractivity contribution in [2.75, 3.05) is 0 Å². The molecular formula is C22H14Cl2N6O4S. The van der Waals surface area contributed by atoms with Crippen molar-refractivity contribution in [3.8, 4) is 17.1 Å². The van der Waals surface area contributed by atoms with Gasteiger partial charge in [-0.05, 0) is 48.2 Å². The molecule has 1 amide bonds. The highest BCUT2D eigenvalue weighted by Gasteiger charge is 2.18. The number of H-pyrrole nitrogens is 1. The number of aromatic hydroxyl groups is 1. The number of carbonyl (C=O) groups is 1. The molecule has 3 aromatic carbocycles. The van der Waals surface area contributed by atoms with Crippen molar-refractivity contribution in [1.29, 1.82) is 0 Å². The number of halogens is 2. The topological polar surface area (TPSA) is 146 Å². The minimum atomic E-state index is -0.623. The van der Waals surface area contributed by atoms with Gasteiger partial charge in [0.2, 0.25) is 5.16 Å². The molecule has 0 aliphatic carbocycles. The lowest BCUT2D eigenvalue weighted by Crippen LogP contribution is -2.17. The Hall–Kier alpha value is -3.93. The van der Waals surface area contributed by atoms with Crippen LogP contribution in [0.4, 0.5) is 5.69 Å². The number of aromatic nitrogens is 3. The minimum Gasteiger partial charge on any atom is -0.507 e. The largest absolute Gasteiger partial charge is 0.507 e. The van der Waals surface area contributed by atoms with E-state index in [-0.39, 0.29) is 22.2 Å². The van der Waals surface area contributed by atoms with E-state index in [0.717, 1.165) is 11.8 Å². The summed E-state index contributed by atoms with van der Waals surface area (Å²) in [4.78, 5) is 27.9. The molecule has 4 aromatic rings. The summed E-state index contributed by atoms with van der Waals surface area (Å²) in [5.74, 6) is -0.423. The Labute approximate surface area is 212 Å². The molecule has 0 spiro atoms. The SMILES string of the molecule is O=C(NN=Cc1ccc(Sc2n[nH]c(-c3ccc(Cl)cc3Cl)n2)c([N+](=O)[O-])c1)c1ccccc1O. The lowest BCUT2D eigenvalue weighted by Gasteiger charge is -2.03. The first-order valence-corrected chi connectivity index (χ1v) is 11.3. The van der Waals surface area contributed by atoms with Gasteiger partial charge in [0.05, 0.1) is 26.6 Å². The third-order valence-electron chi connectivity index (χ3n) is 4.56. The number of hydrogen-bond donors (Lipinski definition) is 3. The second-order valence-corrected chi connectivity index (χ2v) is 8.75. The molecule has 176 valence electrons. The van der Waals surface area contributed by atoms with E-state index in [1.54, 1.807) is 36.4 Å². The highest BCUT2D eigenvalue weighted by molar-refractivity contribution is 7.99. The molecule has 4 rings (SSSR count). The van der Waals surface area contributed by atoms with Crippen LogP contribution in [0, 0.1) is 10.1 Å². The third kappa shape index (κ3) is 5.77. The summed E-state index contributed by atoms with van der Waals surface area (Å²) in [5.41, 5.74) is 3.09. The van der Waals surface area contributed by atoms with E-state index < -0.39 is 10.8 Å². The smallest absolute Gasteiger partial charge is 0.283 e. The number of para-hydroxylation sites is 1. The highest BCUT2D eigenvalue weighted by Crippen LogP contribution is 2.35. The molecule has 1 heterocycles. The minimum absolute atomic E-state index is 0.0492. The first-order valence-electron chi connectivity index (χ1n) is 9.77. The van der Waals surface area contributed by atoms with E-state index >= 15 is 0 Å². The average Bonchev–Trinajstić information content (AvgIpc) is 3.28. The van der Waals surface area contributed by atoms with Crippen molar-refractivity contribution in [1.82, 2.24) is 20.6 Å². The molecule has 10 nitrogen and oxygen atoms in total. The van der Waals surface area contributed by atoms with Crippen LogP contribution in [0.3, 0.4) is 0 Å². The molecule has 0 radical (unpaired) electrons.